The van der Waals surface area contributed by atoms with E-state index in [-0.39, 0.29) is 6.10 Å². The SMILES string of the molecule is Cc1ccc(Nc2nc(Nc3cc(C)c(C4=CCN(C5CCOCC5)CC4)cc3OC(C)C)ncc2Br)c(P(C)(C)=O)c1. The Kier molecular flexibility index (Phi) is 9.96. The number of hydrogen-bond acceptors (Lipinski definition) is 8. The lowest BCUT2D eigenvalue weighted by atomic mass is 9.93. The molecule has 0 radical (unpaired) electrons. The maximum absolute atomic E-state index is 13.0. The van der Waals surface area contributed by atoms with Crippen LogP contribution >= 0.6 is 23.1 Å². The minimum absolute atomic E-state index is 0.00209. The molecule has 8 nitrogen and oxygen atoms in total. The van der Waals surface area contributed by atoms with Crippen LogP contribution in [0.3, 0.4) is 0 Å². The van der Waals surface area contributed by atoms with Gasteiger partial charge in [0, 0.05) is 43.8 Å². The Labute approximate surface area is 264 Å². The highest BCUT2D eigenvalue weighted by Crippen LogP contribution is 2.40. The van der Waals surface area contributed by atoms with Gasteiger partial charge in [-0.3, -0.25) is 4.90 Å². The van der Waals surface area contributed by atoms with Gasteiger partial charge in [0.1, 0.15) is 18.7 Å². The zero-order chi connectivity index (χ0) is 30.7. The van der Waals surface area contributed by atoms with Crippen LogP contribution in [0.2, 0.25) is 0 Å². The highest BCUT2D eigenvalue weighted by molar-refractivity contribution is 9.10. The van der Waals surface area contributed by atoms with Crippen LogP contribution in [-0.2, 0) is 9.30 Å². The van der Waals surface area contributed by atoms with Gasteiger partial charge in [0.25, 0.3) is 0 Å². The van der Waals surface area contributed by atoms with Crippen LogP contribution in [0.1, 0.15) is 49.8 Å². The molecule has 1 saturated heterocycles. The molecule has 0 bridgehead atoms. The third-order valence-electron chi connectivity index (χ3n) is 7.96. The molecule has 0 amide bonds. The molecule has 10 heteroatoms. The van der Waals surface area contributed by atoms with Crippen molar-refractivity contribution in [2.75, 3.05) is 50.3 Å². The van der Waals surface area contributed by atoms with E-state index >= 15 is 0 Å². The zero-order valence-electron chi connectivity index (χ0n) is 26.0. The molecule has 2 aromatic carbocycles. The minimum Gasteiger partial charge on any atom is -0.489 e. The lowest BCUT2D eigenvalue weighted by Crippen LogP contribution is -2.41. The molecule has 43 heavy (non-hydrogen) atoms. The molecule has 2 N–H and O–H groups in total. The number of aryl methyl sites for hydroxylation is 2. The van der Waals surface area contributed by atoms with Gasteiger partial charge in [-0.15, -0.1) is 0 Å². The molecule has 2 aliphatic heterocycles. The monoisotopic (exact) mass is 667 g/mol. The summed E-state index contributed by atoms with van der Waals surface area (Å²) < 4.78 is 25.6. The van der Waals surface area contributed by atoms with Crippen LogP contribution in [0.25, 0.3) is 5.57 Å². The van der Waals surface area contributed by atoms with Crippen molar-refractivity contribution in [1.29, 1.82) is 0 Å². The number of anilines is 4. The van der Waals surface area contributed by atoms with Crippen molar-refractivity contribution >= 4 is 57.1 Å². The largest absolute Gasteiger partial charge is 0.489 e. The van der Waals surface area contributed by atoms with Crippen molar-refractivity contribution in [2.45, 2.75) is 59.1 Å². The number of nitrogens with one attached hydrogen (secondary N) is 2. The molecule has 0 unspecified atom stereocenters. The topological polar surface area (TPSA) is 88.6 Å². The fourth-order valence-electron chi connectivity index (χ4n) is 5.75. The van der Waals surface area contributed by atoms with E-state index in [2.05, 4.69) is 61.6 Å². The van der Waals surface area contributed by atoms with E-state index in [0.717, 1.165) is 73.6 Å². The van der Waals surface area contributed by atoms with E-state index in [1.807, 2.05) is 39.0 Å². The summed E-state index contributed by atoms with van der Waals surface area (Å²) in [4.78, 5) is 11.9. The second-order valence-corrected chi connectivity index (χ2v) is 16.2. The second-order valence-electron chi connectivity index (χ2n) is 12.2. The van der Waals surface area contributed by atoms with Crippen LogP contribution in [0.15, 0.2) is 47.1 Å². The first-order chi connectivity index (χ1) is 20.5. The number of ether oxygens (including phenoxy) is 2. The fourth-order valence-corrected chi connectivity index (χ4v) is 7.27. The quantitative estimate of drug-likeness (QED) is 0.225. The molecule has 3 heterocycles. The molecule has 230 valence electrons. The van der Waals surface area contributed by atoms with E-state index in [1.165, 1.54) is 16.7 Å². The summed E-state index contributed by atoms with van der Waals surface area (Å²) in [6, 6.07) is 10.8. The van der Waals surface area contributed by atoms with Gasteiger partial charge in [-0.05, 0) is 117 Å². The summed E-state index contributed by atoms with van der Waals surface area (Å²) in [5.74, 6) is 1.78. The van der Waals surface area contributed by atoms with Gasteiger partial charge >= 0.3 is 0 Å². The Bertz CT molecular complexity index is 1550. The highest BCUT2D eigenvalue weighted by Gasteiger charge is 2.25. The third kappa shape index (κ3) is 7.88. The molecule has 0 spiro atoms. The lowest BCUT2D eigenvalue weighted by molar-refractivity contribution is 0.0378. The molecule has 0 saturated carbocycles. The van der Waals surface area contributed by atoms with Gasteiger partial charge in [-0.25, -0.2) is 4.98 Å². The van der Waals surface area contributed by atoms with Gasteiger partial charge < -0.3 is 24.7 Å². The standard InChI is InChI=1S/C33H43BrN5O3P/c1-21(2)42-30-19-26(24-9-13-39(14-10-24)25-11-15-41-16-12-25)23(4)18-29(30)37-33-35-20-27(34)32(38-33)36-28-8-7-22(3)17-31(28)43(5,6)40/h7-9,17-21,25H,10-16H2,1-6H3,(H2,35,36,37,38). The lowest BCUT2D eigenvalue weighted by Gasteiger charge is -2.36. The Morgan fingerprint density at radius 3 is 2.53 bits per heavy atom. The van der Waals surface area contributed by atoms with E-state index in [4.69, 9.17) is 14.5 Å². The number of aromatic nitrogens is 2. The van der Waals surface area contributed by atoms with E-state index in [0.29, 0.717) is 22.3 Å². The van der Waals surface area contributed by atoms with Crippen LogP contribution in [-0.4, -0.2) is 66.6 Å². The van der Waals surface area contributed by atoms with Crippen molar-refractivity contribution in [2.24, 2.45) is 0 Å². The number of halogens is 1. The first-order valence-electron chi connectivity index (χ1n) is 15.0. The third-order valence-corrected chi connectivity index (χ3v) is 10.1. The number of rotatable bonds is 9. The first-order valence-corrected chi connectivity index (χ1v) is 18.4. The molecule has 5 rings (SSSR count). The summed E-state index contributed by atoms with van der Waals surface area (Å²) >= 11 is 3.58. The minimum atomic E-state index is -2.52. The predicted octanol–water partition coefficient (Wildman–Crippen LogP) is 7.65. The van der Waals surface area contributed by atoms with Gasteiger partial charge in [-0.1, -0.05) is 17.7 Å². The number of hydrogen-bond donors (Lipinski definition) is 2. The average molecular weight is 669 g/mol. The molecular weight excluding hydrogens is 625 g/mol. The Morgan fingerprint density at radius 1 is 1.09 bits per heavy atom. The Hall–Kier alpha value is -2.71. The first kappa shape index (κ1) is 31.7. The summed E-state index contributed by atoms with van der Waals surface area (Å²) in [6.07, 6.45) is 7.35. The normalized spacial score (nSPS) is 16.7. The van der Waals surface area contributed by atoms with Crippen molar-refractivity contribution < 1.29 is 14.0 Å². The van der Waals surface area contributed by atoms with Crippen LogP contribution < -0.4 is 20.7 Å². The molecule has 1 fully saturated rings. The Morgan fingerprint density at radius 2 is 1.86 bits per heavy atom. The molecular formula is C33H43BrN5O3P. The fraction of sp³-hybridized carbons (Fsp3) is 0.455. The van der Waals surface area contributed by atoms with Crippen molar-refractivity contribution in [1.82, 2.24) is 14.9 Å². The van der Waals surface area contributed by atoms with Crippen LogP contribution in [0, 0.1) is 13.8 Å². The highest BCUT2D eigenvalue weighted by atomic mass is 79.9. The Balaban J connectivity index is 1.40. The van der Waals surface area contributed by atoms with E-state index < -0.39 is 7.14 Å². The van der Waals surface area contributed by atoms with Gasteiger partial charge in [0.05, 0.1) is 22.0 Å². The molecule has 3 aromatic rings. The van der Waals surface area contributed by atoms with E-state index in [1.54, 1.807) is 19.5 Å². The zero-order valence-corrected chi connectivity index (χ0v) is 28.5. The smallest absolute Gasteiger partial charge is 0.229 e. The molecule has 2 aliphatic rings. The maximum atomic E-state index is 13.0. The number of nitrogens with zero attached hydrogens (tertiary/aromatic N) is 3. The van der Waals surface area contributed by atoms with Crippen LogP contribution in [0.4, 0.5) is 23.1 Å². The molecule has 1 aromatic heterocycles. The average Bonchev–Trinajstić information content (AvgIpc) is 2.97. The maximum Gasteiger partial charge on any atom is 0.229 e. The van der Waals surface area contributed by atoms with Gasteiger partial charge in [-0.2, -0.15) is 4.98 Å². The van der Waals surface area contributed by atoms with Gasteiger partial charge in [0.2, 0.25) is 5.95 Å². The summed E-state index contributed by atoms with van der Waals surface area (Å²) in [6.45, 7) is 15.5. The summed E-state index contributed by atoms with van der Waals surface area (Å²) in [5, 5.41) is 7.57. The van der Waals surface area contributed by atoms with Crippen molar-refractivity contribution in [3.8, 4) is 5.75 Å². The van der Waals surface area contributed by atoms with Gasteiger partial charge in [0.15, 0.2) is 0 Å². The predicted molar refractivity (Wildman–Crippen MR) is 182 cm³/mol. The summed E-state index contributed by atoms with van der Waals surface area (Å²) in [5.41, 5.74) is 6.40. The van der Waals surface area contributed by atoms with Crippen molar-refractivity contribution in [3.05, 3.63) is 63.8 Å². The number of benzene rings is 2. The van der Waals surface area contributed by atoms with E-state index in [9.17, 15) is 4.57 Å². The van der Waals surface area contributed by atoms with Crippen LogP contribution in [0.5, 0.6) is 5.75 Å². The molecule has 0 atom stereocenters. The summed E-state index contributed by atoms with van der Waals surface area (Å²) in [7, 11) is -2.52. The second kappa shape index (κ2) is 13.5. The molecule has 0 aliphatic carbocycles. The van der Waals surface area contributed by atoms with Crippen molar-refractivity contribution in [3.63, 3.8) is 0 Å².